The molecule has 0 unspecified atom stereocenters. The monoisotopic (exact) mass is 281 g/mol. The first-order valence-corrected chi connectivity index (χ1v) is 6.10. The van der Waals surface area contributed by atoms with E-state index in [0.717, 1.165) is 12.8 Å². The van der Waals surface area contributed by atoms with Crippen molar-refractivity contribution < 1.29 is 19.8 Å². The smallest absolute Gasteiger partial charge is 0.330 e. The highest BCUT2D eigenvalue weighted by atomic mass is 16.4. The lowest BCUT2D eigenvalue weighted by Crippen LogP contribution is -1.97. The molecule has 0 radical (unpaired) electrons. The van der Waals surface area contributed by atoms with Crippen LogP contribution in [-0.4, -0.2) is 22.2 Å². The van der Waals surface area contributed by atoms with Crippen LogP contribution in [-0.2, 0) is 9.59 Å². The molecule has 0 bridgehead atoms. The average molecular weight is 281 g/mol. The van der Waals surface area contributed by atoms with Gasteiger partial charge in [0.15, 0.2) is 0 Å². The largest absolute Gasteiger partial charge is 0.478 e. The third-order valence-corrected chi connectivity index (χ3v) is 1.96. The van der Waals surface area contributed by atoms with Gasteiger partial charge in [-0.05, 0) is 19.3 Å². The molecular weight excluding hydrogens is 258 g/mol. The molecule has 0 amide bonds. The highest BCUT2D eigenvalue weighted by Crippen LogP contribution is 2.03. The minimum Gasteiger partial charge on any atom is -0.478 e. The average Bonchev–Trinajstić information content (AvgIpc) is 2.44. The first-order valence-electron chi connectivity index (χ1n) is 6.10. The Hall–Kier alpha value is -2.35. The zero-order chi connectivity index (χ0) is 16.6. The quantitative estimate of drug-likeness (QED) is 0.573. The molecule has 0 saturated heterocycles. The van der Waals surface area contributed by atoms with Crippen molar-refractivity contribution in [1.82, 2.24) is 0 Å². The predicted octanol–water partition coefficient (Wildman–Crippen LogP) is 3.55. The molecule has 5 nitrogen and oxygen atoms in total. The Balaban J connectivity index is -0.000000234. The van der Waals surface area contributed by atoms with Gasteiger partial charge in [-0.15, -0.1) is 0 Å². The second-order valence-corrected chi connectivity index (χ2v) is 3.61. The Kier molecular flexibility index (Phi) is 19.0. The summed E-state index contributed by atoms with van der Waals surface area (Å²) < 4.78 is 0. The number of hydrogen-bond acceptors (Lipinski definition) is 3. The number of allylic oxidation sites excluding steroid dienone is 1. The molecule has 0 aliphatic heterocycles. The number of aliphatic carboxylic acids is 2. The van der Waals surface area contributed by atoms with Crippen LogP contribution in [0.4, 0.5) is 0 Å². The first kappa shape index (κ1) is 22.8. The zero-order valence-electron chi connectivity index (χ0n) is 12.2. The van der Waals surface area contributed by atoms with Crippen LogP contribution < -0.4 is 0 Å². The minimum absolute atomic E-state index is 0.264. The molecule has 0 saturated carbocycles. The maximum absolute atomic E-state index is 10.1. The second-order valence-electron chi connectivity index (χ2n) is 3.61. The number of nitrogens with zero attached hydrogens (tertiary/aromatic N) is 1. The minimum atomic E-state index is -0.900. The Labute approximate surface area is 120 Å². The molecule has 112 valence electrons. The van der Waals surface area contributed by atoms with Gasteiger partial charge in [-0.2, -0.15) is 5.26 Å². The Bertz CT molecular complexity index is 378. The van der Waals surface area contributed by atoms with Crippen LogP contribution in [0.15, 0.2) is 37.0 Å². The standard InChI is InChI=1S/C7H12O2.C5H8O2.C3H3N/c1-3-4-5-6(2)7(8)9;1-3-4(2)5(6)7;1-2-3-4/h2-5H2,1H3,(H,8,9);2-3H2,1H3,(H,6,7);2H,1H2. The molecule has 0 heterocycles. The van der Waals surface area contributed by atoms with E-state index in [-0.39, 0.29) is 5.57 Å². The van der Waals surface area contributed by atoms with Gasteiger partial charge in [0.1, 0.15) is 0 Å². The van der Waals surface area contributed by atoms with Gasteiger partial charge in [-0.3, -0.25) is 0 Å². The fourth-order valence-electron chi connectivity index (χ4n) is 0.648. The third-order valence-electron chi connectivity index (χ3n) is 1.96. The molecule has 0 aliphatic carbocycles. The van der Waals surface area contributed by atoms with E-state index in [9.17, 15) is 9.59 Å². The summed E-state index contributed by atoms with van der Waals surface area (Å²) in [5, 5.41) is 23.9. The SMILES string of the molecule is C=C(CC)C(=O)O.C=C(CCCC)C(=O)O.C=CC#N. The van der Waals surface area contributed by atoms with Crippen molar-refractivity contribution in [2.45, 2.75) is 39.5 Å². The van der Waals surface area contributed by atoms with E-state index in [2.05, 4.69) is 19.7 Å². The molecular formula is C15H23NO4. The van der Waals surface area contributed by atoms with Gasteiger partial charge in [-0.25, -0.2) is 9.59 Å². The van der Waals surface area contributed by atoms with Crippen LogP contribution in [0.2, 0.25) is 0 Å². The Morgan fingerprint density at radius 2 is 1.55 bits per heavy atom. The molecule has 0 atom stereocenters. The first-order chi connectivity index (χ1) is 9.28. The highest BCUT2D eigenvalue weighted by Gasteiger charge is 2.00. The van der Waals surface area contributed by atoms with Gasteiger partial charge in [0.05, 0.1) is 6.07 Å². The summed E-state index contributed by atoms with van der Waals surface area (Å²) in [7, 11) is 0. The topological polar surface area (TPSA) is 98.4 Å². The number of rotatable bonds is 6. The zero-order valence-corrected chi connectivity index (χ0v) is 12.2. The summed E-state index contributed by atoms with van der Waals surface area (Å²) in [5.41, 5.74) is 0.580. The van der Waals surface area contributed by atoms with Crippen molar-refractivity contribution in [3.8, 4) is 6.07 Å². The highest BCUT2D eigenvalue weighted by molar-refractivity contribution is 5.85. The van der Waals surface area contributed by atoms with Gasteiger partial charge in [0, 0.05) is 17.2 Å². The molecule has 0 aromatic carbocycles. The van der Waals surface area contributed by atoms with E-state index < -0.39 is 11.9 Å². The summed E-state index contributed by atoms with van der Waals surface area (Å²) in [6.07, 6.45) is 4.26. The lowest BCUT2D eigenvalue weighted by molar-refractivity contribution is -0.133. The van der Waals surface area contributed by atoms with Crippen molar-refractivity contribution in [2.24, 2.45) is 0 Å². The van der Waals surface area contributed by atoms with E-state index in [4.69, 9.17) is 15.5 Å². The molecule has 5 heteroatoms. The van der Waals surface area contributed by atoms with E-state index in [0.29, 0.717) is 18.4 Å². The fourth-order valence-corrected chi connectivity index (χ4v) is 0.648. The molecule has 0 rings (SSSR count). The normalized spacial score (nSPS) is 7.65. The van der Waals surface area contributed by atoms with Crippen molar-refractivity contribution in [1.29, 1.82) is 5.26 Å². The molecule has 0 aliphatic rings. The summed E-state index contributed by atoms with van der Waals surface area (Å²) in [4.78, 5) is 19.9. The van der Waals surface area contributed by atoms with Crippen LogP contribution in [0.25, 0.3) is 0 Å². The van der Waals surface area contributed by atoms with Crippen LogP contribution in [0, 0.1) is 11.3 Å². The van der Waals surface area contributed by atoms with E-state index in [1.807, 2.05) is 6.92 Å². The van der Waals surface area contributed by atoms with Crippen LogP contribution in [0.3, 0.4) is 0 Å². The maximum Gasteiger partial charge on any atom is 0.330 e. The van der Waals surface area contributed by atoms with E-state index in [1.165, 1.54) is 6.08 Å². The van der Waals surface area contributed by atoms with E-state index >= 15 is 0 Å². The molecule has 2 N–H and O–H groups in total. The van der Waals surface area contributed by atoms with Gasteiger partial charge >= 0.3 is 11.9 Å². The Morgan fingerprint density at radius 1 is 1.15 bits per heavy atom. The second kappa shape index (κ2) is 16.6. The number of carbonyl (C=O) groups is 2. The number of carboxylic acids is 2. The van der Waals surface area contributed by atoms with Gasteiger partial charge in [0.25, 0.3) is 0 Å². The summed E-state index contributed by atoms with van der Waals surface area (Å²) in [5.74, 6) is -1.77. The Morgan fingerprint density at radius 3 is 1.70 bits per heavy atom. The van der Waals surface area contributed by atoms with Gasteiger partial charge in [0.2, 0.25) is 0 Å². The number of unbranched alkanes of at least 4 members (excludes halogenated alkanes) is 1. The lowest BCUT2D eigenvalue weighted by Gasteiger charge is -1.95. The number of nitriles is 1. The summed E-state index contributed by atoms with van der Waals surface area (Å²) in [6, 6.07) is 1.69. The molecule has 20 heavy (non-hydrogen) atoms. The fraction of sp³-hybridized carbons (Fsp3) is 0.400. The van der Waals surface area contributed by atoms with Crippen molar-refractivity contribution >= 4 is 11.9 Å². The summed E-state index contributed by atoms with van der Waals surface area (Å²) >= 11 is 0. The molecule has 0 aromatic rings. The third kappa shape index (κ3) is 21.0. The molecule has 0 aromatic heterocycles. The van der Waals surface area contributed by atoms with Crippen molar-refractivity contribution in [2.75, 3.05) is 0 Å². The van der Waals surface area contributed by atoms with Gasteiger partial charge in [-0.1, -0.05) is 40.0 Å². The van der Waals surface area contributed by atoms with Crippen molar-refractivity contribution in [3.63, 3.8) is 0 Å². The lowest BCUT2D eigenvalue weighted by atomic mass is 10.1. The van der Waals surface area contributed by atoms with Crippen LogP contribution in [0.5, 0.6) is 0 Å². The van der Waals surface area contributed by atoms with Crippen molar-refractivity contribution in [3.05, 3.63) is 37.0 Å². The van der Waals surface area contributed by atoms with Crippen LogP contribution in [0.1, 0.15) is 39.5 Å². The summed E-state index contributed by atoms with van der Waals surface area (Å²) in [6.45, 7) is 13.6. The predicted molar refractivity (Wildman–Crippen MR) is 79.2 cm³/mol. The molecule has 0 spiro atoms. The van der Waals surface area contributed by atoms with E-state index in [1.54, 1.807) is 13.0 Å². The van der Waals surface area contributed by atoms with Gasteiger partial charge < -0.3 is 10.2 Å². The number of carboxylic acid groups (broad SMARTS) is 2. The molecule has 0 fully saturated rings. The van der Waals surface area contributed by atoms with Crippen LogP contribution >= 0.6 is 0 Å². The number of hydrogen-bond donors (Lipinski definition) is 2. The maximum atomic E-state index is 10.1.